The number of hydrogen-bond donors (Lipinski definition) is 3. The van der Waals surface area contributed by atoms with Gasteiger partial charge in [0.25, 0.3) is 0 Å². The molecule has 2 heterocycles. The van der Waals surface area contributed by atoms with Crippen LogP contribution in [-0.2, 0) is 22.4 Å². The van der Waals surface area contributed by atoms with Crippen LogP contribution in [0.25, 0.3) is 10.9 Å². The number of carbonyl (C=O) groups is 1. The Labute approximate surface area is 222 Å². The number of para-hydroxylation sites is 1. The fourth-order valence-electron chi connectivity index (χ4n) is 5.27. The number of ether oxygens (including phenoxy) is 1. The number of H-pyrrole nitrogens is 1. The minimum Gasteiger partial charge on any atom is -0.496 e. The molecule has 5 nitrogen and oxygen atoms in total. The van der Waals surface area contributed by atoms with Gasteiger partial charge in [-0.25, -0.2) is 0 Å². The zero-order valence-corrected chi connectivity index (χ0v) is 22.8. The number of benzene rings is 3. The van der Waals surface area contributed by atoms with Gasteiger partial charge in [0.05, 0.1) is 13.2 Å². The Hall–Kier alpha value is -3.22. The predicted molar refractivity (Wildman–Crippen MR) is 151 cm³/mol. The van der Waals surface area contributed by atoms with Gasteiger partial charge in [-0.05, 0) is 58.9 Å². The number of hydrogen-bond acceptors (Lipinski definition) is 4. The van der Waals surface area contributed by atoms with E-state index in [2.05, 4.69) is 68.3 Å². The molecule has 1 aliphatic heterocycles. The quantitative estimate of drug-likeness (QED) is 0.248. The molecule has 0 bridgehead atoms. The largest absolute Gasteiger partial charge is 0.496 e. The minimum atomic E-state index is -0.834. The fraction of sp³-hybridized carbons (Fsp3) is 0.323. The number of carboxylic acids is 1. The Morgan fingerprint density at radius 3 is 2.62 bits per heavy atom. The van der Waals surface area contributed by atoms with E-state index in [1.807, 2.05) is 42.1 Å². The smallest absolute Gasteiger partial charge is 0.321 e. The molecule has 0 spiro atoms. The number of nitrogens with one attached hydrogen (secondary N) is 2. The first-order valence-corrected chi connectivity index (χ1v) is 13.6. The fourth-order valence-corrected chi connectivity index (χ4v) is 6.61. The lowest BCUT2D eigenvalue weighted by atomic mass is 9.86. The number of aromatic amines is 1. The summed E-state index contributed by atoms with van der Waals surface area (Å²) < 4.78 is 5.74. The number of aromatic nitrogens is 1. The molecule has 192 valence electrons. The third-order valence-corrected chi connectivity index (χ3v) is 8.28. The van der Waals surface area contributed by atoms with Crippen LogP contribution >= 0.6 is 11.8 Å². The van der Waals surface area contributed by atoms with E-state index in [-0.39, 0.29) is 11.5 Å². The molecule has 0 amide bonds. The first-order chi connectivity index (χ1) is 17.7. The van der Waals surface area contributed by atoms with Gasteiger partial charge >= 0.3 is 5.97 Å². The first-order valence-electron chi connectivity index (χ1n) is 12.6. The summed E-state index contributed by atoms with van der Waals surface area (Å²) in [5, 5.41) is 14.4. The second kappa shape index (κ2) is 9.92. The molecule has 5 rings (SSSR count). The molecule has 37 heavy (non-hydrogen) atoms. The van der Waals surface area contributed by atoms with Gasteiger partial charge in [0.2, 0.25) is 0 Å². The van der Waals surface area contributed by atoms with Crippen molar-refractivity contribution in [2.24, 2.45) is 0 Å². The number of thioether (sulfide) groups is 1. The van der Waals surface area contributed by atoms with Crippen LogP contribution in [0.1, 0.15) is 60.3 Å². The second-order valence-electron chi connectivity index (χ2n) is 10.9. The Balaban J connectivity index is 1.52. The Morgan fingerprint density at radius 1 is 1.11 bits per heavy atom. The molecular weight excluding hydrogens is 480 g/mol. The predicted octanol–water partition coefficient (Wildman–Crippen LogP) is 6.76. The molecule has 0 saturated heterocycles. The minimum absolute atomic E-state index is 0.0475. The van der Waals surface area contributed by atoms with Crippen LogP contribution in [0.4, 0.5) is 0 Å². The summed E-state index contributed by atoms with van der Waals surface area (Å²) in [6.45, 7) is 8.86. The van der Waals surface area contributed by atoms with E-state index in [0.717, 1.165) is 44.8 Å². The van der Waals surface area contributed by atoms with Crippen molar-refractivity contribution < 1.29 is 14.6 Å². The van der Waals surface area contributed by atoms with Crippen LogP contribution < -0.4 is 10.1 Å². The van der Waals surface area contributed by atoms with Gasteiger partial charge in [0.15, 0.2) is 0 Å². The highest BCUT2D eigenvalue weighted by molar-refractivity contribution is 7.98. The molecule has 0 saturated carbocycles. The summed E-state index contributed by atoms with van der Waals surface area (Å²) in [7, 11) is 1.70. The summed E-state index contributed by atoms with van der Waals surface area (Å²) in [5.41, 5.74) is 7.88. The summed E-state index contributed by atoms with van der Waals surface area (Å²) in [5.74, 6) is 0.751. The van der Waals surface area contributed by atoms with Crippen LogP contribution in [-0.4, -0.2) is 29.2 Å². The Kier molecular flexibility index (Phi) is 6.82. The number of rotatable bonds is 6. The number of methoxy groups -OCH3 is 1. The van der Waals surface area contributed by atoms with Crippen molar-refractivity contribution in [2.45, 2.75) is 62.3 Å². The normalized spacial score (nSPS) is 17.5. The highest BCUT2D eigenvalue weighted by atomic mass is 32.2. The van der Waals surface area contributed by atoms with Crippen LogP contribution in [0.2, 0.25) is 0 Å². The van der Waals surface area contributed by atoms with Gasteiger partial charge in [-0.15, -0.1) is 11.8 Å². The van der Waals surface area contributed by atoms with Gasteiger partial charge < -0.3 is 14.8 Å². The third-order valence-electron chi connectivity index (χ3n) is 7.18. The molecule has 1 aromatic heterocycles. The number of carboxylic acid groups (broad SMARTS) is 1. The van der Waals surface area contributed by atoms with Crippen molar-refractivity contribution in [2.75, 3.05) is 7.11 Å². The average Bonchev–Trinajstić information content (AvgIpc) is 3.24. The Bertz CT molecular complexity index is 1470. The average molecular weight is 515 g/mol. The molecule has 3 aromatic carbocycles. The number of aliphatic carboxylic acids is 1. The SMILES string of the molecule is COc1ccc([C@@H]2N[C@H](C(=O)O)Cc3c2[nH]c2ccccc32)cc1CSc1cc(C)ccc1C(C)(C)C. The van der Waals surface area contributed by atoms with Crippen LogP contribution in [0.3, 0.4) is 0 Å². The van der Waals surface area contributed by atoms with E-state index in [1.165, 1.54) is 16.0 Å². The van der Waals surface area contributed by atoms with Crippen molar-refractivity contribution in [1.82, 2.24) is 10.3 Å². The van der Waals surface area contributed by atoms with Crippen LogP contribution in [0, 0.1) is 6.92 Å². The van der Waals surface area contributed by atoms with E-state index in [1.54, 1.807) is 7.11 Å². The van der Waals surface area contributed by atoms with Crippen molar-refractivity contribution in [3.63, 3.8) is 0 Å². The van der Waals surface area contributed by atoms with E-state index >= 15 is 0 Å². The van der Waals surface area contributed by atoms with Gasteiger partial charge in [-0.3, -0.25) is 10.1 Å². The third kappa shape index (κ3) is 5.00. The van der Waals surface area contributed by atoms with E-state index < -0.39 is 12.0 Å². The van der Waals surface area contributed by atoms with Crippen LogP contribution in [0.5, 0.6) is 5.75 Å². The van der Waals surface area contributed by atoms with E-state index in [0.29, 0.717) is 6.42 Å². The lowest BCUT2D eigenvalue weighted by molar-refractivity contribution is -0.139. The molecule has 3 N–H and O–H groups in total. The maximum absolute atomic E-state index is 12.1. The molecule has 0 unspecified atom stereocenters. The summed E-state index contributed by atoms with van der Waals surface area (Å²) in [6, 6.07) is 20.1. The van der Waals surface area contributed by atoms with Crippen molar-refractivity contribution in [3.8, 4) is 5.75 Å². The summed E-state index contributed by atoms with van der Waals surface area (Å²) in [4.78, 5) is 16.9. The van der Waals surface area contributed by atoms with E-state index in [4.69, 9.17) is 4.74 Å². The maximum Gasteiger partial charge on any atom is 0.321 e. The standard InChI is InChI=1S/C31H34N2O3S/c1-18-10-12-23(31(2,3)4)27(14-18)37-17-20-15-19(11-13-26(20)36-5)28-29-22(16-25(33-28)30(34)35)21-8-6-7-9-24(21)32-29/h6-15,25,28,32-33H,16-17H2,1-5H3,(H,34,35)/t25-,28-/m0/s1. The maximum atomic E-state index is 12.1. The molecule has 6 heteroatoms. The highest BCUT2D eigenvalue weighted by Gasteiger charge is 2.34. The molecule has 0 radical (unpaired) electrons. The molecule has 2 atom stereocenters. The highest BCUT2D eigenvalue weighted by Crippen LogP contribution is 2.39. The van der Waals surface area contributed by atoms with Crippen molar-refractivity contribution in [1.29, 1.82) is 0 Å². The zero-order valence-electron chi connectivity index (χ0n) is 22.0. The van der Waals surface area contributed by atoms with Gasteiger partial charge in [-0.2, -0.15) is 0 Å². The van der Waals surface area contributed by atoms with Crippen molar-refractivity contribution in [3.05, 3.63) is 94.2 Å². The second-order valence-corrected chi connectivity index (χ2v) is 11.9. The summed E-state index contributed by atoms with van der Waals surface area (Å²) >= 11 is 1.82. The van der Waals surface area contributed by atoms with Crippen LogP contribution in [0.15, 0.2) is 65.6 Å². The molecule has 0 aliphatic carbocycles. The van der Waals surface area contributed by atoms with Crippen molar-refractivity contribution >= 4 is 28.6 Å². The molecular formula is C31H34N2O3S. The lowest BCUT2D eigenvalue weighted by Gasteiger charge is -2.30. The molecule has 1 aliphatic rings. The molecule has 4 aromatic rings. The lowest BCUT2D eigenvalue weighted by Crippen LogP contribution is -2.45. The topological polar surface area (TPSA) is 74.3 Å². The first kappa shape index (κ1) is 25.4. The van der Waals surface area contributed by atoms with E-state index in [9.17, 15) is 9.90 Å². The number of aryl methyl sites for hydroxylation is 1. The zero-order chi connectivity index (χ0) is 26.3. The van der Waals surface area contributed by atoms with Gasteiger partial charge in [-0.1, -0.05) is 57.2 Å². The van der Waals surface area contributed by atoms with Gasteiger partial charge in [0, 0.05) is 39.2 Å². The Morgan fingerprint density at radius 2 is 1.89 bits per heavy atom. The molecule has 0 fully saturated rings. The van der Waals surface area contributed by atoms with Gasteiger partial charge in [0.1, 0.15) is 11.8 Å². The number of fused-ring (bicyclic) bond motifs is 3. The monoisotopic (exact) mass is 514 g/mol. The summed E-state index contributed by atoms with van der Waals surface area (Å²) in [6.07, 6.45) is 0.451.